The van der Waals surface area contributed by atoms with Crippen LogP contribution in [0.5, 0.6) is 0 Å². The zero-order valence-corrected chi connectivity index (χ0v) is 13.3. The van der Waals surface area contributed by atoms with Gasteiger partial charge in [0.1, 0.15) is 0 Å². The molecule has 0 unspecified atom stereocenters. The Labute approximate surface area is 146 Å². The van der Waals surface area contributed by atoms with Crippen LogP contribution in [0.1, 0.15) is 17.9 Å². The van der Waals surface area contributed by atoms with E-state index in [9.17, 15) is 18.0 Å². The molecule has 1 amide bonds. The number of aryl methyl sites for hydroxylation is 1. The number of nitrogens with zero attached hydrogens (tertiary/aromatic N) is 3. The van der Waals surface area contributed by atoms with E-state index in [-0.39, 0.29) is 24.4 Å². The second-order valence-corrected chi connectivity index (χ2v) is 5.37. The standard InChI is InChI=1S/C17H13F3N4O2/c18-17(19,20)12-1-3-13(4-2-12)22-14(25)5-6-15-23-16(24-26-15)11-7-9-21-10-8-11/h1-4,7-10H,5-6H2,(H,22,25). The molecule has 0 radical (unpaired) electrons. The number of rotatable bonds is 5. The molecule has 26 heavy (non-hydrogen) atoms. The molecule has 0 aliphatic rings. The Morgan fingerprint density at radius 3 is 2.42 bits per heavy atom. The van der Waals surface area contributed by atoms with Crippen LogP contribution in [0.15, 0.2) is 53.3 Å². The molecule has 0 fully saturated rings. The monoisotopic (exact) mass is 362 g/mol. The van der Waals surface area contributed by atoms with Crippen LogP contribution in [0.4, 0.5) is 18.9 Å². The molecule has 2 heterocycles. The number of hydrogen-bond donors (Lipinski definition) is 1. The smallest absolute Gasteiger partial charge is 0.339 e. The number of aromatic nitrogens is 3. The lowest BCUT2D eigenvalue weighted by atomic mass is 10.2. The molecule has 0 bridgehead atoms. The first-order chi connectivity index (χ1) is 12.4. The highest BCUT2D eigenvalue weighted by atomic mass is 19.4. The summed E-state index contributed by atoms with van der Waals surface area (Å²) in [6.45, 7) is 0. The van der Waals surface area contributed by atoms with Gasteiger partial charge in [-0.15, -0.1) is 0 Å². The largest absolute Gasteiger partial charge is 0.416 e. The van der Waals surface area contributed by atoms with E-state index in [1.54, 1.807) is 24.5 Å². The Morgan fingerprint density at radius 1 is 1.08 bits per heavy atom. The average Bonchev–Trinajstić information content (AvgIpc) is 3.09. The maximum absolute atomic E-state index is 12.5. The predicted molar refractivity (Wildman–Crippen MR) is 85.9 cm³/mol. The number of anilines is 1. The topological polar surface area (TPSA) is 80.9 Å². The third-order valence-electron chi connectivity index (χ3n) is 3.47. The van der Waals surface area contributed by atoms with Gasteiger partial charge in [-0.1, -0.05) is 5.16 Å². The quantitative estimate of drug-likeness (QED) is 0.748. The predicted octanol–water partition coefficient (Wildman–Crippen LogP) is 3.72. The van der Waals surface area contributed by atoms with Crippen LogP contribution in [0, 0.1) is 0 Å². The molecule has 0 saturated heterocycles. The number of hydrogen-bond acceptors (Lipinski definition) is 5. The van der Waals surface area contributed by atoms with Crippen LogP contribution in [0.2, 0.25) is 0 Å². The van der Waals surface area contributed by atoms with Gasteiger partial charge in [0.25, 0.3) is 0 Å². The molecule has 6 nitrogen and oxygen atoms in total. The summed E-state index contributed by atoms with van der Waals surface area (Å²) in [6.07, 6.45) is -0.942. The van der Waals surface area contributed by atoms with Crippen molar-refractivity contribution in [1.82, 2.24) is 15.1 Å². The average molecular weight is 362 g/mol. The Kier molecular flexibility index (Phi) is 4.97. The number of halogens is 3. The lowest BCUT2D eigenvalue weighted by Gasteiger charge is -2.08. The lowest BCUT2D eigenvalue weighted by Crippen LogP contribution is -2.13. The molecule has 0 spiro atoms. The third-order valence-corrected chi connectivity index (χ3v) is 3.47. The van der Waals surface area contributed by atoms with Gasteiger partial charge in [-0.25, -0.2) is 0 Å². The fourth-order valence-corrected chi connectivity index (χ4v) is 2.16. The molecule has 134 valence electrons. The first kappa shape index (κ1) is 17.6. The SMILES string of the molecule is O=C(CCc1nc(-c2ccncc2)no1)Nc1ccc(C(F)(F)F)cc1. The van der Waals surface area contributed by atoms with Crippen LogP contribution in [0.3, 0.4) is 0 Å². The van der Waals surface area contributed by atoms with E-state index in [1.165, 1.54) is 12.1 Å². The van der Waals surface area contributed by atoms with Gasteiger partial charge >= 0.3 is 6.18 Å². The highest BCUT2D eigenvalue weighted by molar-refractivity contribution is 5.90. The van der Waals surface area contributed by atoms with E-state index in [0.29, 0.717) is 11.7 Å². The minimum atomic E-state index is -4.41. The van der Waals surface area contributed by atoms with Gasteiger partial charge in [0, 0.05) is 36.5 Å². The van der Waals surface area contributed by atoms with Crippen molar-refractivity contribution in [2.24, 2.45) is 0 Å². The Bertz CT molecular complexity index is 877. The highest BCUT2D eigenvalue weighted by Gasteiger charge is 2.29. The first-order valence-corrected chi connectivity index (χ1v) is 7.62. The molecule has 3 aromatic rings. The van der Waals surface area contributed by atoms with Crippen molar-refractivity contribution in [2.45, 2.75) is 19.0 Å². The first-order valence-electron chi connectivity index (χ1n) is 7.62. The van der Waals surface area contributed by atoms with Gasteiger partial charge in [-0.05, 0) is 36.4 Å². The minimum Gasteiger partial charge on any atom is -0.339 e. The summed E-state index contributed by atoms with van der Waals surface area (Å²) in [5.41, 5.74) is 0.250. The van der Waals surface area contributed by atoms with Crippen molar-refractivity contribution < 1.29 is 22.5 Å². The van der Waals surface area contributed by atoms with E-state index in [2.05, 4.69) is 20.4 Å². The summed E-state index contributed by atoms with van der Waals surface area (Å²) in [5.74, 6) is 0.318. The Morgan fingerprint density at radius 2 is 1.77 bits per heavy atom. The maximum atomic E-state index is 12.5. The van der Waals surface area contributed by atoms with E-state index in [4.69, 9.17) is 4.52 Å². The van der Waals surface area contributed by atoms with Gasteiger partial charge in [-0.2, -0.15) is 18.2 Å². The minimum absolute atomic E-state index is 0.0546. The van der Waals surface area contributed by atoms with Crippen molar-refractivity contribution in [1.29, 1.82) is 0 Å². The van der Waals surface area contributed by atoms with Crippen LogP contribution >= 0.6 is 0 Å². The van der Waals surface area contributed by atoms with Crippen molar-refractivity contribution in [2.75, 3.05) is 5.32 Å². The summed E-state index contributed by atoms with van der Waals surface area (Å²) in [5, 5.41) is 6.35. The summed E-state index contributed by atoms with van der Waals surface area (Å²) in [7, 11) is 0. The Hall–Kier alpha value is -3.23. The fraction of sp³-hybridized carbons (Fsp3) is 0.176. The molecule has 9 heteroatoms. The van der Waals surface area contributed by atoms with Crippen LogP contribution in [-0.2, 0) is 17.4 Å². The number of carbonyl (C=O) groups is 1. The number of pyridine rings is 1. The molecule has 3 rings (SSSR count). The van der Waals surface area contributed by atoms with Crippen LogP contribution in [-0.4, -0.2) is 21.0 Å². The van der Waals surface area contributed by atoms with Crippen LogP contribution < -0.4 is 5.32 Å². The fourth-order valence-electron chi connectivity index (χ4n) is 2.16. The number of carbonyl (C=O) groups excluding carboxylic acids is 1. The Balaban J connectivity index is 1.54. The molecule has 0 aliphatic carbocycles. The second kappa shape index (κ2) is 7.34. The van der Waals surface area contributed by atoms with Gasteiger partial charge in [0.2, 0.25) is 17.6 Å². The van der Waals surface area contributed by atoms with Gasteiger partial charge in [0.05, 0.1) is 5.56 Å². The van der Waals surface area contributed by atoms with Gasteiger partial charge in [-0.3, -0.25) is 9.78 Å². The van der Waals surface area contributed by atoms with E-state index in [0.717, 1.165) is 17.7 Å². The molecule has 0 atom stereocenters. The zero-order chi connectivity index (χ0) is 18.6. The molecule has 0 saturated carbocycles. The maximum Gasteiger partial charge on any atom is 0.416 e. The summed E-state index contributed by atoms with van der Waals surface area (Å²) in [4.78, 5) is 20.0. The number of nitrogens with one attached hydrogen (secondary N) is 1. The highest BCUT2D eigenvalue weighted by Crippen LogP contribution is 2.29. The summed E-state index contributed by atoms with van der Waals surface area (Å²) in [6, 6.07) is 7.69. The summed E-state index contributed by atoms with van der Waals surface area (Å²) >= 11 is 0. The summed E-state index contributed by atoms with van der Waals surface area (Å²) < 4.78 is 42.6. The zero-order valence-electron chi connectivity index (χ0n) is 13.3. The van der Waals surface area contributed by atoms with E-state index >= 15 is 0 Å². The normalized spacial score (nSPS) is 11.3. The van der Waals surface area contributed by atoms with Crippen molar-refractivity contribution in [3.8, 4) is 11.4 Å². The van der Waals surface area contributed by atoms with Crippen molar-refractivity contribution in [3.63, 3.8) is 0 Å². The number of amides is 1. The molecular formula is C17H13F3N4O2. The second-order valence-electron chi connectivity index (χ2n) is 5.37. The van der Waals surface area contributed by atoms with Gasteiger partial charge in [0.15, 0.2) is 0 Å². The molecular weight excluding hydrogens is 349 g/mol. The van der Waals surface area contributed by atoms with Crippen LogP contribution in [0.25, 0.3) is 11.4 Å². The molecule has 1 aromatic carbocycles. The third kappa shape index (κ3) is 4.44. The number of benzene rings is 1. The molecule has 0 aliphatic heterocycles. The molecule has 2 aromatic heterocycles. The van der Waals surface area contributed by atoms with E-state index in [1.807, 2.05) is 0 Å². The lowest BCUT2D eigenvalue weighted by molar-refractivity contribution is -0.137. The van der Waals surface area contributed by atoms with Crippen molar-refractivity contribution >= 4 is 11.6 Å². The van der Waals surface area contributed by atoms with Gasteiger partial charge < -0.3 is 9.84 Å². The van der Waals surface area contributed by atoms with E-state index < -0.39 is 11.7 Å². The number of alkyl halides is 3. The molecule has 1 N–H and O–H groups in total. The van der Waals surface area contributed by atoms with Crippen molar-refractivity contribution in [3.05, 3.63) is 60.2 Å².